The van der Waals surface area contributed by atoms with E-state index < -0.39 is 15.9 Å². The van der Waals surface area contributed by atoms with Crippen molar-refractivity contribution in [1.29, 1.82) is 0 Å². The van der Waals surface area contributed by atoms with Gasteiger partial charge in [-0.3, -0.25) is 4.90 Å². The maximum absolute atomic E-state index is 11.8. The maximum atomic E-state index is 11.8. The van der Waals surface area contributed by atoms with Gasteiger partial charge in [-0.05, 0) is 32.9 Å². The number of likely N-dealkylation sites (tertiary alicyclic amines) is 1. The van der Waals surface area contributed by atoms with Gasteiger partial charge >= 0.3 is 6.09 Å². The van der Waals surface area contributed by atoms with Gasteiger partial charge in [0.2, 0.25) is 0 Å². The molecule has 110 valence electrons. The number of hydrogen-bond acceptors (Lipinski definition) is 5. The van der Waals surface area contributed by atoms with E-state index in [2.05, 4.69) is 10.2 Å². The molecule has 2 heterocycles. The Balaban J connectivity index is 2.03. The van der Waals surface area contributed by atoms with Crippen LogP contribution in [0.2, 0.25) is 0 Å². The Kier molecular flexibility index (Phi) is 4.67. The highest BCUT2D eigenvalue weighted by atomic mass is 32.2. The molecule has 0 spiro atoms. The van der Waals surface area contributed by atoms with E-state index in [4.69, 9.17) is 4.74 Å². The molecule has 0 aromatic rings. The number of sulfone groups is 1. The van der Waals surface area contributed by atoms with Crippen LogP contribution in [-0.2, 0) is 14.6 Å². The summed E-state index contributed by atoms with van der Waals surface area (Å²) in [5.74, 6) is 0.164. The zero-order valence-corrected chi connectivity index (χ0v) is 12.1. The Hall–Kier alpha value is -0.820. The van der Waals surface area contributed by atoms with E-state index >= 15 is 0 Å². The van der Waals surface area contributed by atoms with E-state index in [9.17, 15) is 13.2 Å². The largest absolute Gasteiger partial charge is 0.450 e. The third-order valence-corrected chi connectivity index (χ3v) is 5.48. The van der Waals surface area contributed by atoms with Gasteiger partial charge < -0.3 is 10.1 Å². The summed E-state index contributed by atoms with van der Waals surface area (Å²) >= 11 is 0. The first kappa shape index (κ1) is 14.6. The third kappa shape index (κ3) is 3.82. The minimum atomic E-state index is -3.07. The molecule has 0 bridgehead atoms. The van der Waals surface area contributed by atoms with Gasteiger partial charge in [-0.25, -0.2) is 13.2 Å². The SMILES string of the molecule is CCOC(=O)N[C@@H]1CS(=O)(=O)C[C@@H]1N1CCCCC1. The molecule has 7 heteroatoms. The van der Waals surface area contributed by atoms with Crippen LogP contribution in [0.4, 0.5) is 4.79 Å². The molecule has 2 saturated heterocycles. The van der Waals surface area contributed by atoms with Gasteiger partial charge in [0.25, 0.3) is 0 Å². The number of piperidine rings is 1. The summed E-state index contributed by atoms with van der Waals surface area (Å²) in [6.45, 7) is 3.86. The molecule has 0 aromatic carbocycles. The molecule has 0 unspecified atom stereocenters. The first-order valence-electron chi connectivity index (χ1n) is 6.89. The molecule has 6 nitrogen and oxygen atoms in total. The monoisotopic (exact) mass is 290 g/mol. The highest BCUT2D eigenvalue weighted by Crippen LogP contribution is 2.22. The van der Waals surface area contributed by atoms with Crippen molar-refractivity contribution in [3.63, 3.8) is 0 Å². The zero-order chi connectivity index (χ0) is 13.9. The highest BCUT2D eigenvalue weighted by molar-refractivity contribution is 7.91. The van der Waals surface area contributed by atoms with Crippen LogP contribution >= 0.6 is 0 Å². The van der Waals surface area contributed by atoms with Crippen molar-refractivity contribution in [1.82, 2.24) is 10.2 Å². The van der Waals surface area contributed by atoms with Gasteiger partial charge in [-0.2, -0.15) is 0 Å². The zero-order valence-electron chi connectivity index (χ0n) is 11.3. The minimum absolute atomic E-state index is 0.0208. The summed E-state index contributed by atoms with van der Waals surface area (Å²) in [6.07, 6.45) is 2.88. The summed E-state index contributed by atoms with van der Waals surface area (Å²) in [7, 11) is -3.07. The molecule has 0 aromatic heterocycles. The number of hydrogen-bond donors (Lipinski definition) is 1. The summed E-state index contributed by atoms with van der Waals surface area (Å²) in [4.78, 5) is 13.7. The summed E-state index contributed by atoms with van der Waals surface area (Å²) in [5, 5.41) is 2.70. The second-order valence-corrected chi connectivity index (χ2v) is 7.37. The van der Waals surface area contributed by atoms with Gasteiger partial charge in [-0.15, -0.1) is 0 Å². The van der Waals surface area contributed by atoms with E-state index in [1.54, 1.807) is 6.92 Å². The number of amides is 1. The molecule has 19 heavy (non-hydrogen) atoms. The molecule has 0 saturated carbocycles. The van der Waals surface area contributed by atoms with Crippen molar-refractivity contribution in [3.05, 3.63) is 0 Å². The van der Waals surface area contributed by atoms with Crippen LogP contribution in [0.15, 0.2) is 0 Å². The quantitative estimate of drug-likeness (QED) is 0.813. The smallest absolute Gasteiger partial charge is 0.407 e. The average Bonchev–Trinajstić information content (AvgIpc) is 2.66. The standard InChI is InChI=1S/C12H22N2O4S/c1-2-18-12(15)13-10-8-19(16,17)9-11(10)14-6-4-3-5-7-14/h10-11H,2-9H2,1H3,(H,13,15)/t10-,11+/m1/s1. The first-order valence-corrected chi connectivity index (χ1v) is 8.72. The van der Waals surface area contributed by atoms with Crippen molar-refractivity contribution >= 4 is 15.9 Å². The molecule has 2 rings (SSSR count). The minimum Gasteiger partial charge on any atom is -0.450 e. The molecule has 0 aliphatic carbocycles. The van der Waals surface area contributed by atoms with E-state index in [0.717, 1.165) is 25.9 Å². The highest BCUT2D eigenvalue weighted by Gasteiger charge is 2.42. The normalized spacial score (nSPS) is 31.0. The van der Waals surface area contributed by atoms with Gasteiger partial charge in [0.15, 0.2) is 9.84 Å². The van der Waals surface area contributed by atoms with E-state index in [-0.39, 0.29) is 23.6 Å². The molecular formula is C12H22N2O4S. The van der Waals surface area contributed by atoms with Gasteiger partial charge in [0.1, 0.15) is 0 Å². The summed E-state index contributed by atoms with van der Waals surface area (Å²) < 4.78 is 28.5. The molecule has 1 amide bonds. The Labute approximate surface area is 114 Å². The summed E-state index contributed by atoms with van der Waals surface area (Å²) in [6, 6.07) is -0.447. The van der Waals surface area contributed by atoms with Crippen LogP contribution in [-0.4, -0.2) is 62.7 Å². The molecule has 1 N–H and O–H groups in total. The van der Waals surface area contributed by atoms with E-state index in [0.29, 0.717) is 6.61 Å². The Morgan fingerprint density at radius 1 is 1.26 bits per heavy atom. The lowest BCUT2D eigenvalue weighted by Crippen LogP contribution is -2.52. The number of carbonyl (C=O) groups is 1. The molecule has 2 fully saturated rings. The molecular weight excluding hydrogens is 268 g/mol. The molecule has 2 atom stereocenters. The number of nitrogens with one attached hydrogen (secondary N) is 1. The lowest BCUT2D eigenvalue weighted by molar-refractivity contribution is 0.128. The Bertz CT molecular complexity index is 417. The fourth-order valence-corrected chi connectivity index (χ4v) is 4.85. The van der Waals surface area contributed by atoms with Crippen LogP contribution in [0.25, 0.3) is 0 Å². The predicted molar refractivity (Wildman–Crippen MR) is 71.8 cm³/mol. The Morgan fingerprint density at radius 2 is 1.95 bits per heavy atom. The van der Waals surface area contributed by atoms with E-state index in [1.165, 1.54) is 6.42 Å². The molecule has 2 aliphatic rings. The number of nitrogens with zero attached hydrogens (tertiary/aromatic N) is 1. The lowest BCUT2D eigenvalue weighted by atomic mass is 10.1. The van der Waals surface area contributed by atoms with Crippen molar-refractivity contribution in [3.8, 4) is 0 Å². The number of rotatable bonds is 3. The fraction of sp³-hybridized carbons (Fsp3) is 0.917. The topological polar surface area (TPSA) is 75.7 Å². The fourth-order valence-electron chi connectivity index (χ4n) is 2.90. The van der Waals surface area contributed by atoms with Gasteiger partial charge in [0.05, 0.1) is 24.2 Å². The van der Waals surface area contributed by atoms with Gasteiger partial charge in [-0.1, -0.05) is 6.42 Å². The third-order valence-electron chi connectivity index (χ3n) is 3.76. The number of ether oxygens (including phenoxy) is 1. The maximum Gasteiger partial charge on any atom is 0.407 e. The van der Waals surface area contributed by atoms with Gasteiger partial charge in [0, 0.05) is 6.04 Å². The van der Waals surface area contributed by atoms with Crippen molar-refractivity contribution < 1.29 is 17.9 Å². The van der Waals surface area contributed by atoms with Crippen molar-refractivity contribution in [2.45, 2.75) is 38.3 Å². The van der Waals surface area contributed by atoms with Crippen LogP contribution < -0.4 is 5.32 Å². The van der Waals surface area contributed by atoms with Crippen LogP contribution in [0.5, 0.6) is 0 Å². The summed E-state index contributed by atoms with van der Waals surface area (Å²) in [5.41, 5.74) is 0. The first-order chi connectivity index (χ1) is 9.02. The number of carbonyl (C=O) groups excluding carboxylic acids is 1. The van der Waals surface area contributed by atoms with Crippen molar-refractivity contribution in [2.75, 3.05) is 31.2 Å². The van der Waals surface area contributed by atoms with Crippen LogP contribution in [0.3, 0.4) is 0 Å². The number of alkyl carbamates (subject to hydrolysis) is 1. The van der Waals surface area contributed by atoms with Crippen LogP contribution in [0.1, 0.15) is 26.2 Å². The molecule has 2 aliphatic heterocycles. The molecule has 0 radical (unpaired) electrons. The average molecular weight is 290 g/mol. The van der Waals surface area contributed by atoms with E-state index in [1.807, 2.05) is 0 Å². The lowest BCUT2D eigenvalue weighted by Gasteiger charge is -2.34. The van der Waals surface area contributed by atoms with Crippen LogP contribution in [0, 0.1) is 0 Å². The predicted octanol–water partition coefficient (Wildman–Crippen LogP) is 0.384. The second-order valence-electron chi connectivity index (χ2n) is 5.21. The second kappa shape index (κ2) is 6.09. The Morgan fingerprint density at radius 3 is 2.58 bits per heavy atom. The van der Waals surface area contributed by atoms with Crippen molar-refractivity contribution in [2.24, 2.45) is 0 Å².